The minimum atomic E-state index is -0.820. The first kappa shape index (κ1) is 9.14. The average molecular weight is 232 g/mol. The van der Waals surface area contributed by atoms with Crippen molar-refractivity contribution in [2.24, 2.45) is 0 Å². The molecule has 12 heavy (non-hydrogen) atoms. The predicted octanol–water partition coefficient (Wildman–Crippen LogP) is 2.73. The molecule has 0 aliphatic rings. The summed E-state index contributed by atoms with van der Waals surface area (Å²) >= 11 is 3.02. The molecule has 0 unspecified atom stereocenters. The van der Waals surface area contributed by atoms with Gasteiger partial charge in [0.1, 0.15) is 17.7 Å². The highest BCUT2D eigenvalue weighted by Gasteiger charge is 2.07. The Labute approximate surface area is 76.8 Å². The number of halogens is 3. The molecule has 0 atom stereocenters. The van der Waals surface area contributed by atoms with Crippen molar-refractivity contribution in [2.75, 3.05) is 0 Å². The van der Waals surface area contributed by atoms with Gasteiger partial charge in [0.2, 0.25) is 0 Å². The van der Waals surface area contributed by atoms with E-state index in [2.05, 4.69) is 15.9 Å². The molecule has 0 radical (unpaired) electrons. The highest BCUT2D eigenvalue weighted by atomic mass is 79.9. The van der Waals surface area contributed by atoms with Gasteiger partial charge in [0.25, 0.3) is 0 Å². The van der Waals surface area contributed by atoms with E-state index in [1.807, 2.05) is 0 Å². The lowest BCUT2D eigenvalue weighted by Gasteiger charge is -1.99. The third-order valence-electron chi connectivity index (χ3n) is 1.40. The molecule has 1 rings (SSSR count). The van der Waals surface area contributed by atoms with Gasteiger partial charge in [-0.2, -0.15) is 5.26 Å². The largest absolute Gasteiger partial charge is 0.207 e. The van der Waals surface area contributed by atoms with E-state index in [-0.39, 0.29) is 16.5 Å². The second-order valence-corrected chi connectivity index (χ2v) is 2.73. The van der Waals surface area contributed by atoms with E-state index >= 15 is 0 Å². The Morgan fingerprint density at radius 1 is 1.33 bits per heavy atom. The van der Waals surface area contributed by atoms with E-state index in [0.717, 1.165) is 6.07 Å². The Morgan fingerprint density at radius 2 is 2.00 bits per heavy atom. The van der Waals surface area contributed by atoms with Gasteiger partial charge in [-0.05, 0) is 11.6 Å². The Balaban J connectivity index is 3.30. The van der Waals surface area contributed by atoms with Gasteiger partial charge in [-0.25, -0.2) is 8.78 Å². The van der Waals surface area contributed by atoms with Crippen LogP contribution in [0.1, 0.15) is 11.1 Å². The van der Waals surface area contributed by atoms with Crippen LogP contribution < -0.4 is 0 Å². The van der Waals surface area contributed by atoms with Crippen LogP contribution in [0.25, 0.3) is 0 Å². The molecule has 1 aromatic carbocycles. The normalized spacial score (nSPS) is 9.50. The summed E-state index contributed by atoms with van der Waals surface area (Å²) in [5.41, 5.74) is 0.152. The van der Waals surface area contributed by atoms with Crippen molar-refractivity contribution in [1.29, 1.82) is 5.26 Å². The highest BCUT2D eigenvalue weighted by Crippen LogP contribution is 2.16. The van der Waals surface area contributed by atoms with Gasteiger partial charge in [-0.1, -0.05) is 15.9 Å². The molecular weight excluding hydrogens is 228 g/mol. The lowest BCUT2D eigenvalue weighted by molar-refractivity contribution is 0.574. The van der Waals surface area contributed by atoms with E-state index in [1.165, 1.54) is 6.07 Å². The fourth-order valence-electron chi connectivity index (χ4n) is 0.782. The first-order valence-electron chi connectivity index (χ1n) is 3.13. The quantitative estimate of drug-likeness (QED) is 0.683. The molecule has 0 aliphatic heterocycles. The van der Waals surface area contributed by atoms with Gasteiger partial charge < -0.3 is 0 Å². The molecule has 0 aliphatic carbocycles. The predicted molar refractivity (Wildman–Crippen MR) is 43.7 cm³/mol. The highest BCUT2D eigenvalue weighted by molar-refractivity contribution is 9.08. The van der Waals surface area contributed by atoms with Crippen molar-refractivity contribution in [3.63, 3.8) is 0 Å². The molecule has 0 saturated carbocycles. The van der Waals surface area contributed by atoms with Crippen LogP contribution in [0, 0.1) is 23.0 Å². The van der Waals surface area contributed by atoms with Crippen molar-refractivity contribution in [3.05, 3.63) is 34.9 Å². The van der Waals surface area contributed by atoms with Crippen LogP contribution >= 0.6 is 15.9 Å². The summed E-state index contributed by atoms with van der Waals surface area (Å²) in [6.45, 7) is 0. The third-order valence-corrected chi connectivity index (χ3v) is 2.00. The number of alkyl halides is 1. The number of hydrogen-bond acceptors (Lipinski definition) is 1. The zero-order valence-electron chi connectivity index (χ0n) is 5.94. The molecule has 62 valence electrons. The van der Waals surface area contributed by atoms with Gasteiger partial charge in [-0.3, -0.25) is 0 Å². The fraction of sp³-hybridized carbons (Fsp3) is 0.125. The molecule has 0 fully saturated rings. The monoisotopic (exact) mass is 231 g/mol. The molecule has 0 N–H and O–H groups in total. The number of nitriles is 1. The van der Waals surface area contributed by atoms with Gasteiger partial charge in [0.05, 0.1) is 5.56 Å². The number of hydrogen-bond donors (Lipinski definition) is 0. The molecule has 0 heterocycles. The minimum Gasteiger partial charge on any atom is -0.207 e. The maximum absolute atomic E-state index is 12.8. The fourth-order valence-corrected chi connectivity index (χ4v) is 1.21. The zero-order valence-corrected chi connectivity index (χ0v) is 7.53. The van der Waals surface area contributed by atoms with Crippen molar-refractivity contribution in [3.8, 4) is 6.07 Å². The third kappa shape index (κ3) is 1.62. The lowest BCUT2D eigenvalue weighted by atomic mass is 10.1. The van der Waals surface area contributed by atoms with Crippen LogP contribution in [0.3, 0.4) is 0 Å². The smallest absolute Gasteiger partial charge is 0.143 e. The summed E-state index contributed by atoms with van der Waals surface area (Å²) in [6, 6.07) is 3.55. The Kier molecular flexibility index (Phi) is 2.77. The molecule has 0 bridgehead atoms. The second kappa shape index (κ2) is 3.63. The van der Waals surface area contributed by atoms with Crippen molar-refractivity contribution >= 4 is 15.9 Å². The van der Waals surface area contributed by atoms with Crippen LogP contribution in [0.4, 0.5) is 8.78 Å². The zero-order chi connectivity index (χ0) is 9.14. The first-order valence-corrected chi connectivity index (χ1v) is 4.25. The van der Waals surface area contributed by atoms with Gasteiger partial charge in [-0.15, -0.1) is 0 Å². The van der Waals surface area contributed by atoms with Crippen molar-refractivity contribution in [2.45, 2.75) is 5.33 Å². The molecule has 0 amide bonds. The van der Waals surface area contributed by atoms with Gasteiger partial charge in [0, 0.05) is 11.4 Å². The summed E-state index contributed by atoms with van der Waals surface area (Å²) in [6.07, 6.45) is 0. The second-order valence-electron chi connectivity index (χ2n) is 2.17. The van der Waals surface area contributed by atoms with Gasteiger partial charge in [0.15, 0.2) is 0 Å². The van der Waals surface area contributed by atoms with E-state index in [0.29, 0.717) is 0 Å². The first-order chi connectivity index (χ1) is 5.69. The molecule has 0 saturated heterocycles. The maximum Gasteiger partial charge on any atom is 0.143 e. The van der Waals surface area contributed by atoms with Crippen LogP contribution in [0.2, 0.25) is 0 Å². The summed E-state index contributed by atoms with van der Waals surface area (Å²) in [4.78, 5) is 0. The Hall–Kier alpha value is -0.950. The summed E-state index contributed by atoms with van der Waals surface area (Å²) in [5.74, 6) is -1.46. The molecule has 0 spiro atoms. The number of benzene rings is 1. The summed E-state index contributed by atoms with van der Waals surface area (Å²) in [7, 11) is 0. The number of rotatable bonds is 1. The van der Waals surface area contributed by atoms with Crippen LogP contribution in [0.5, 0.6) is 0 Å². The Morgan fingerprint density at radius 3 is 2.50 bits per heavy atom. The van der Waals surface area contributed by atoms with E-state index < -0.39 is 11.6 Å². The van der Waals surface area contributed by atoms with Gasteiger partial charge >= 0.3 is 0 Å². The summed E-state index contributed by atoms with van der Waals surface area (Å²) in [5, 5.41) is 8.67. The van der Waals surface area contributed by atoms with Crippen LogP contribution in [-0.4, -0.2) is 0 Å². The molecule has 1 aromatic rings. The average Bonchev–Trinajstić information content (AvgIpc) is 2.05. The molecule has 1 nitrogen and oxygen atoms in total. The van der Waals surface area contributed by atoms with E-state index in [1.54, 1.807) is 6.07 Å². The number of nitrogens with zero attached hydrogens (tertiary/aromatic N) is 1. The minimum absolute atomic E-state index is 0.133. The maximum atomic E-state index is 12.8. The van der Waals surface area contributed by atoms with Crippen molar-refractivity contribution in [1.82, 2.24) is 0 Å². The topological polar surface area (TPSA) is 23.8 Å². The Bertz CT molecular complexity index is 344. The molecular formula is C8H4BrF2N. The summed E-state index contributed by atoms with van der Waals surface area (Å²) < 4.78 is 25.5. The standard InChI is InChI=1S/C8H4BrF2N/c9-3-5-1-6(4-12)8(11)2-7(5)10/h1-2H,3H2. The van der Waals surface area contributed by atoms with Crippen LogP contribution in [-0.2, 0) is 5.33 Å². The van der Waals surface area contributed by atoms with E-state index in [4.69, 9.17) is 5.26 Å². The van der Waals surface area contributed by atoms with Crippen LogP contribution in [0.15, 0.2) is 12.1 Å². The van der Waals surface area contributed by atoms with Crippen molar-refractivity contribution < 1.29 is 8.78 Å². The SMILES string of the molecule is N#Cc1cc(CBr)c(F)cc1F. The lowest BCUT2D eigenvalue weighted by Crippen LogP contribution is -1.92. The molecule has 4 heteroatoms. The van der Waals surface area contributed by atoms with E-state index in [9.17, 15) is 8.78 Å². The molecule has 0 aromatic heterocycles.